The van der Waals surface area contributed by atoms with Gasteiger partial charge in [0.05, 0.1) is 7.11 Å². The van der Waals surface area contributed by atoms with E-state index in [-0.39, 0.29) is 0 Å². The van der Waals surface area contributed by atoms with Gasteiger partial charge in [-0.1, -0.05) is 32.4 Å². The molecule has 0 radical (unpaired) electrons. The highest BCUT2D eigenvalue weighted by molar-refractivity contribution is 5.28. The molecule has 0 saturated heterocycles. The summed E-state index contributed by atoms with van der Waals surface area (Å²) in [5, 5.41) is 0. The van der Waals surface area contributed by atoms with Gasteiger partial charge in [0.15, 0.2) is 0 Å². The minimum absolute atomic E-state index is 0.581. The molecule has 17 heavy (non-hydrogen) atoms. The van der Waals surface area contributed by atoms with Gasteiger partial charge >= 0.3 is 0 Å². The van der Waals surface area contributed by atoms with Crippen LogP contribution in [0.25, 0.3) is 0 Å². The number of rotatable bonds is 7. The Labute approximate surface area is 105 Å². The van der Waals surface area contributed by atoms with Crippen molar-refractivity contribution in [3.05, 3.63) is 29.8 Å². The molecule has 2 heteroatoms. The first kappa shape index (κ1) is 14.0. The Hall–Kier alpha value is -1.02. The molecule has 2 atom stereocenters. The third-order valence-electron chi connectivity index (χ3n) is 3.42. The van der Waals surface area contributed by atoms with Crippen molar-refractivity contribution in [2.24, 2.45) is 17.6 Å². The smallest absolute Gasteiger partial charge is 0.119 e. The van der Waals surface area contributed by atoms with E-state index in [4.69, 9.17) is 10.5 Å². The van der Waals surface area contributed by atoms with Crippen LogP contribution in [0.1, 0.15) is 32.3 Å². The van der Waals surface area contributed by atoms with Gasteiger partial charge in [0.2, 0.25) is 0 Å². The van der Waals surface area contributed by atoms with Gasteiger partial charge in [-0.15, -0.1) is 0 Å². The molecule has 0 aliphatic heterocycles. The Kier molecular flexibility index (Phi) is 6.06. The summed E-state index contributed by atoms with van der Waals surface area (Å²) >= 11 is 0. The van der Waals surface area contributed by atoms with E-state index < -0.39 is 0 Å². The van der Waals surface area contributed by atoms with Crippen LogP contribution in [-0.2, 0) is 6.42 Å². The highest BCUT2D eigenvalue weighted by Crippen LogP contribution is 2.21. The van der Waals surface area contributed by atoms with Crippen molar-refractivity contribution >= 4 is 0 Å². The lowest BCUT2D eigenvalue weighted by molar-refractivity contribution is 0.385. The summed E-state index contributed by atoms with van der Waals surface area (Å²) in [5.74, 6) is 2.27. The minimum Gasteiger partial charge on any atom is -0.497 e. The number of hydrogen-bond donors (Lipinski definition) is 1. The van der Waals surface area contributed by atoms with Gasteiger partial charge in [-0.2, -0.15) is 0 Å². The summed E-state index contributed by atoms with van der Waals surface area (Å²) in [5.41, 5.74) is 7.19. The van der Waals surface area contributed by atoms with Crippen molar-refractivity contribution in [3.63, 3.8) is 0 Å². The van der Waals surface area contributed by atoms with Crippen molar-refractivity contribution in [2.45, 2.75) is 33.1 Å². The maximum atomic E-state index is 5.86. The van der Waals surface area contributed by atoms with Crippen LogP contribution < -0.4 is 10.5 Å². The first-order valence-electron chi connectivity index (χ1n) is 6.52. The largest absolute Gasteiger partial charge is 0.497 e. The number of methoxy groups -OCH3 is 1. The Morgan fingerprint density at radius 2 is 2.12 bits per heavy atom. The molecule has 1 aromatic carbocycles. The molecule has 0 spiro atoms. The van der Waals surface area contributed by atoms with Crippen LogP contribution in [0.4, 0.5) is 0 Å². The average Bonchev–Trinajstić information content (AvgIpc) is 2.37. The van der Waals surface area contributed by atoms with Gasteiger partial charge in [0.1, 0.15) is 5.75 Å². The van der Waals surface area contributed by atoms with E-state index in [9.17, 15) is 0 Å². The van der Waals surface area contributed by atoms with Gasteiger partial charge in [0.25, 0.3) is 0 Å². The van der Waals surface area contributed by atoms with Crippen LogP contribution in [0.5, 0.6) is 5.75 Å². The van der Waals surface area contributed by atoms with Crippen LogP contribution >= 0.6 is 0 Å². The summed E-state index contributed by atoms with van der Waals surface area (Å²) in [6.07, 6.45) is 3.50. The predicted molar refractivity (Wildman–Crippen MR) is 73.3 cm³/mol. The normalized spacial score (nSPS) is 14.4. The average molecular weight is 235 g/mol. The topological polar surface area (TPSA) is 35.2 Å². The van der Waals surface area contributed by atoms with Crippen molar-refractivity contribution in [2.75, 3.05) is 13.7 Å². The highest BCUT2D eigenvalue weighted by atomic mass is 16.5. The summed E-state index contributed by atoms with van der Waals surface area (Å²) in [6, 6.07) is 8.29. The van der Waals surface area contributed by atoms with Crippen LogP contribution in [0.2, 0.25) is 0 Å². The molecule has 1 rings (SSSR count). The SMILES string of the molecule is CCC(C)CC(CN)Cc1cccc(OC)c1. The molecule has 2 N–H and O–H groups in total. The molecule has 96 valence electrons. The number of nitrogens with two attached hydrogens (primary N) is 1. The van der Waals surface area contributed by atoms with Crippen molar-refractivity contribution in [1.82, 2.24) is 0 Å². The summed E-state index contributed by atoms with van der Waals surface area (Å²) in [6.45, 7) is 5.31. The Morgan fingerprint density at radius 1 is 1.35 bits per heavy atom. The van der Waals surface area contributed by atoms with Gasteiger partial charge in [0, 0.05) is 0 Å². The van der Waals surface area contributed by atoms with Crippen LogP contribution in [-0.4, -0.2) is 13.7 Å². The maximum Gasteiger partial charge on any atom is 0.119 e. The van der Waals surface area contributed by atoms with E-state index in [1.165, 1.54) is 18.4 Å². The van der Waals surface area contributed by atoms with E-state index in [1.807, 2.05) is 12.1 Å². The number of ether oxygens (including phenoxy) is 1. The van der Waals surface area contributed by atoms with Crippen LogP contribution in [0.15, 0.2) is 24.3 Å². The van der Waals surface area contributed by atoms with Crippen molar-refractivity contribution in [3.8, 4) is 5.75 Å². The van der Waals surface area contributed by atoms with E-state index in [2.05, 4.69) is 26.0 Å². The molecule has 0 saturated carbocycles. The standard InChI is InChI=1S/C15H25NO/c1-4-12(2)8-14(11-16)9-13-6-5-7-15(10-13)17-3/h5-7,10,12,14H,4,8-9,11,16H2,1-3H3. The second kappa shape index (κ2) is 7.33. The summed E-state index contributed by atoms with van der Waals surface area (Å²) < 4.78 is 5.24. The van der Waals surface area contributed by atoms with E-state index >= 15 is 0 Å². The third kappa shape index (κ3) is 4.78. The second-order valence-corrected chi connectivity index (χ2v) is 4.91. The zero-order valence-corrected chi connectivity index (χ0v) is 11.3. The quantitative estimate of drug-likeness (QED) is 0.787. The van der Waals surface area contributed by atoms with E-state index in [0.717, 1.165) is 24.6 Å². The van der Waals surface area contributed by atoms with Gasteiger partial charge in [-0.05, 0) is 48.9 Å². The summed E-state index contributed by atoms with van der Waals surface area (Å²) in [7, 11) is 1.71. The first-order chi connectivity index (χ1) is 8.19. The van der Waals surface area contributed by atoms with Crippen molar-refractivity contribution < 1.29 is 4.74 Å². The van der Waals surface area contributed by atoms with E-state index in [1.54, 1.807) is 7.11 Å². The molecule has 0 aliphatic carbocycles. The van der Waals surface area contributed by atoms with Gasteiger partial charge in [-0.3, -0.25) is 0 Å². The van der Waals surface area contributed by atoms with Crippen LogP contribution in [0, 0.1) is 11.8 Å². The Morgan fingerprint density at radius 3 is 2.71 bits per heavy atom. The van der Waals surface area contributed by atoms with Crippen molar-refractivity contribution in [1.29, 1.82) is 0 Å². The molecule has 1 aromatic rings. The highest BCUT2D eigenvalue weighted by Gasteiger charge is 2.11. The molecule has 2 unspecified atom stereocenters. The Bertz CT molecular complexity index is 324. The minimum atomic E-state index is 0.581. The second-order valence-electron chi connectivity index (χ2n) is 4.91. The number of hydrogen-bond acceptors (Lipinski definition) is 2. The number of benzene rings is 1. The fraction of sp³-hybridized carbons (Fsp3) is 0.600. The molecular weight excluding hydrogens is 210 g/mol. The molecule has 0 amide bonds. The van der Waals surface area contributed by atoms with Gasteiger partial charge < -0.3 is 10.5 Å². The van der Waals surface area contributed by atoms with Crippen LogP contribution in [0.3, 0.4) is 0 Å². The third-order valence-corrected chi connectivity index (χ3v) is 3.42. The fourth-order valence-corrected chi connectivity index (χ4v) is 2.13. The fourth-order valence-electron chi connectivity index (χ4n) is 2.13. The monoisotopic (exact) mass is 235 g/mol. The molecular formula is C15H25NO. The first-order valence-corrected chi connectivity index (χ1v) is 6.52. The lowest BCUT2D eigenvalue weighted by Gasteiger charge is -2.18. The summed E-state index contributed by atoms with van der Waals surface area (Å²) in [4.78, 5) is 0. The molecule has 0 fully saturated rings. The molecule has 2 nitrogen and oxygen atoms in total. The Balaban J connectivity index is 2.60. The maximum absolute atomic E-state index is 5.86. The zero-order chi connectivity index (χ0) is 12.7. The lowest BCUT2D eigenvalue weighted by Crippen LogP contribution is -2.19. The van der Waals surface area contributed by atoms with Gasteiger partial charge in [-0.25, -0.2) is 0 Å². The lowest BCUT2D eigenvalue weighted by atomic mass is 9.89. The zero-order valence-electron chi connectivity index (χ0n) is 11.3. The van der Waals surface area contributed by atoms with E-state index in [0.29, 0.717) is 5.92 Å². The molecule has 0 bridgehead atoms. The molecule has 0 aromatic heterocycles. The predicted octanol–water partition coefficient (Wildman–Crippen LogP) is 3.25. The molecule has 0 aliphatic rings. The molecule has 0 heterocycles.